The molecule has 1 saturated heterocycles. The minimum absolute atomic E-state index is 0.0247. The van der Waals surface area contributed by atoms with Crippen molar-refractivity contribution in [3.05, 3.63) is 29.8 Å². The van der Waals surface area contributed by atoms with Gasteiger partial charge in [0.2, 0.25) is 0 Å². The Morgan fingerprint density at radius 2 is 2.08 bits per heavy atom. The number of urea groups is 1. The second-order valence-electron chi connectivity index (χ2n) is 7.10. The van der Waals surface area contributed by atoms with Crippen LogP contribution in [0.3, 0.4) is 0 Å². The predicted molar refractivity (Wildman–Crippen MR) is 97.7 cm³/mol. The van der Waals surface area contributed by atoms with Gasteiger partial charge in [-0.25, -0.2) is 4.79 Å². The maximum Gasteiger partial charge on any atom is 0.317 e. The quantitative estimate of drug-likeness (QED) is 0.781. The fraction of sp³-hybridized carbons (Fsp3) is 0.632. The first kappa shape index (κ1) is 18.6. The zero-order valence-corrected chi connectivity index (χ0v) is 15.4. The molecule has 0 saturated carbocycles. The first-order chi connectivity index (χ1) is 11.5. The van der Waals surface area contributed by atoms with Crippen LogP contribution >= 0.6 is 0 Å². The van der Waals surface area contributed by atoms with E-state index >= 15 is 0 Å². The summed E-state index contributed by atoms with van der Waals surface area (Å²) in [6, 6.07) is 8.12. The average molecular weight is 333 g/mol. The molecule has 2 amide bonds. The summed E-state index contributed by atoms with van der Waals surface area (Å²) in [5.74, 6) is 1.95. The number of ether oxygens (including phenoxy) is 1. The lowest BCUT2D eigenvalue weighted by Gasteiger charge is -2.21. The molecular weight excluding hydrogens is 302 g/mol. The molecule has 1 atom stereocenters. The number of rotatable bonds is 7. The number of hydrogen-bond donors (Lipinski definition) is 1. The summed E-state index contributed by atoms with van der Waals surface area (Å²) in [6.45, 7) is 8.35. The summed E-state index contributed by atoms with van der Waals surface area (Å²) < 4.78 is 5.68. The number of nitrogens with one attached hydrogen (secondary N) is 1. The second kappa shape index (κ2) is 8.92. The summed E-state index contributed by atoms with van der Waals surface area (Å²) in [4.78, 5) is 16.2. The van der Waals surface area contributed by atoms with Crippen LogP contribution in [-0.4, -0.2) is 62.7 Å². The number of nitrogens with zero attached hydrogens (tertiary/aromatic N) is 2. The fourth-order valence-electron chi connectivity index (χ4n) is 3.06. The van der Waals surface area contributed by atoms with Gasteiger partial charge >= 0.3 is 6.03 Å². The van der Waals surface area contributed by atoms with E-state index in [0.717, 1.165) is 25.4 Å². The van der Waals surface area contributed by atoms with E-state index in [9.17, 15) is 4.79 Å². The molecule has 1 heterocycles. The van der Waals surface area contributed by atoms with E-state index in [4.69, 9.17) is 4.74 Å². The highest BCUT2D eigenvalue weighted by Gasteiger charge is 2.22. The van der Waals surface area contributed by atoms with Crippen molar-refractivity contribution < 1.29 is 9.53 Å². The van der Waals surface area contributed by atoms with E-state index in [1.807, 2.05) is 19.2 Å². The van der Waals surface area contributed by atoms with Gasteiger partial charge in [-0.3, -0.25) is 0 Å². The van der Waals surface area contributed by atoms with Gasteiger partial charge < -0.3 is 19.9 Å². The number of carbonyl (C=O) groups excluding carboxylic acids is 1. The van der Waals surface area contributed by atoms with E-state index < -0.39 is 0 Å². The molecule has 2 rings (SSSR count). The molecule has 1 aromatic carbocycles. The Hall–Kier alpha value is -1.75. The monoisotopic (exact) mass is 333 g/mol. The van der Waals surface area contributed by atoms with Crippen LogP contribution in [0.15, 0.2) is 24.3 Å². The summed E-state index contributed by atoms with van der Waals surface area (Å²) in [5, 5.41) is 2.92. The van der Waals surface area contributed by atoms with Crippen molar-refractivity contribution in [2.75, 3.05) is 46.9 Å². The van der Waals surface area contributed by atoms with Crippen LogP contribution < -0.4 is 10.1 Å². The van der Waals surface area contributed by atoms with Crippen LogP contribution in [-0.2, 0) is 0 Å². The maximum atomic E-state index is 12.1. The van der Waals surface area contributed by atoms with Crippen LogP contribution in [0.2, 0.25) is 0 Å². The van der Waals surface area contributed by atoms with Gasteiger partial charge in [0, 0.05) is 20.1 Å². The van der Waals surface area contributed by atoms with Crippen molar-refractivity contribution in [2.45, 2.75) is 26.2 Å². The van der Waals surface area contributed by atoms with E-state index in [-0.39, 0.29) is 6.03 Å². The van der Waals surface area contributed by atoms with Gasteiger partial charge in [-0.05, 0) is 49.5 Å². The highest BCUT2D eigenvalue weighted by atomic mass is 16.5. The molecule has 0 aliphatic carbocycles. The molecule has 134 valence electrons. The summed E-state index contributed by atoms with van der Waals surface area (Å²) in [6.07, 6.45) is 1.17. The Morgan fingerprint density at radius 3 is 2.67 bits per heavy atom. The van der Waals surface area contributed by atoms with Crippen LogP contribution in [0.25, 0.3) is 0 Å². The Bertz CT molecular complexity index is 516. The second-order valence-corrected chi connectivity index (χ2v) is 7.10. The molecule has 0 aromatic heterocycles. The first-order valence-electron chi connectivity index (χ1n) is 8.86. The van der Waals surface area contributed by atoms with Gasteiger partial charge in [-0.15, -0.1) is 0 Å². The molecule has 24 heavy (non-hydrogen) atoms. The summed E-state index contributed by atoms with van der Waals surface area (Å²) in [5.41, 5.74) is 1.30. The molecule has 0 radical (unpaired) electrons. The molecule has 1 N–H and O–H groups in total. The number of amides is 2. The van der Waals surface area contributed by atoms with E-state index in [1.54, 1.807) is 4.90 Å². The number of likely N-dealkylation sites (tertiary alicyclic amines) is 1. The molecule has 5 nitrogen and oxygen atoms in total. The van der Waals surface area contributed by atoms with Crippen molar-refractivity contribution >= 4 is 6.03 Å². The Labute approximate surface area is 146 Å². The van der Waals surface area contributed by atoms with E-state index in [0.29, 0.717) is 25.0 Å². The fourth-order valence-corrected chi connectivity index (χ4v) is 3.06. The zero-order chi connectivity index (χ0) is 17.5. The van der Waals surface area contributed by atoms with Gasteiger partial charge in [0.1, 0.15) is 12.4 Å². The number of carbonyl (C=O) groups is 1. The molecular formula is C19H31N3O2. The Balaban J connectivity index is 1.63. The molecule has 5 heteroatoms. The van der Waals surface area contributed by atoms with Crippen LogP contribution in [0, 0.1) is 5.92 Å². The van der Waals surface area contributed by atoms with Gasteiger partial charge in [0.05, 0.1) is 6.54 Å². The van der Waals surface area contributed by atoms with Crippen LogP contribution in [0.1, 0.15) is 31.7 Å². The van der Waals surface area contributed by atoms with Crippen molar-refractivity contribution in [1.82, 2.24) is 15.1 Å². The first-order valence-corrected chi connectivity index (χ1v) is 8.86. The lowest BCUT2D eigenvalue weighted by Crippen LogP contribution is -2.41. The van der Waals surface area contributed by atoms with Crippen molar-refractivity contribution in [2.24, 2.45) is 5.92 Å². The Kier molecular flexibility index (Phi) is 6.91. The highest BCUT2D eigenvalue weighted by Crippen LogP contribution is 2.18. The third-order valence-corrected chi connectivity index (χ3v) is 4.56. The molecule has 1 aromatic rings. The lowest BCUT2D eigenvalue weighted by atomic mass is 10.0. The number of hydrogen-bond acceptors (Lipinski definition) is 3. The largest absolute Gasteiger partial charge is 0.492 e. The topological polar surface area (TPSA) is 44.8 Å². The third-order valence-electron chi connectivity index (χ3n) is 4.56. The normalized spacial score (nSPS) is 18.0. The van der Waals surface area contributed by atoms with Crippen LogP contribution in [0.4, 0.5) is 4.79 Å². The molecule has 0 spiro atoms. The zero-order valence-electron chi connectivity index (χ0n) is 15.4. The molecule has 1 aliphatic heterocycles. The van der Waals surface area contributed by atoms with Gasteiger partial charge in [-0.2, -0.15) is 0 Å². The van der Waals surface area contributed by atoms with Crippen molar-refractivity contribution in [3.63, 3.8) is 0 Å². The Morgan fingerprint density at radius 1 is 1.38 bits per heavy atom. The van der Waals surface area contributed by atoms with Gasteiger partial charge in [0.25, 0.3) is 0 Å². The van der Waals surface area contributed by atoms with E-state index in [1.165, 1.54) is 12.0 Å². The minimum Gasteiger partial charge on any atom is -0.492 e. The summed E-state index contributed by atoms with van der Waals surface area (Å²) in [7, 11) is 3.99. The van der Waals surface area contributed by atoms with Crippen molar-refractivity contribution in [1.29, 1.82) is 0 Å². The standard InChI is InChI=1S/C19H31N3O2/c1-15(2)17-5-7-18(8-6-17)24-12-10-20-19(23)22(4)14-16-9-11-21(3)13-16/h5-8,15-16H,9-14H2,1-4H3,(H,20,23)/t16-/m0/s1. The van der Waals surface area contributed by atoms with Gasteiger partial charge in [0.15, 0.2) is 0 Å². The predicted octanol–water partition coefficient (Wildman–Crippen LogP) is 2.78. The highest BCUT2D eigenvalue weighted by molar-refractivity contribution is 5.73. The SMILES string of the molecule is CC(C)c1ccc(OCCNC(=O)N(C)C[C@H]2CCN(C)C2)cc1. The average Bonchev–Trinajstić information content (AvgIpc) is 2.96. The number of benzene rings is 1. The molecule has 0 bridgehead atoms. The third kappa shape index (κ3) is 5.71. The molecule has 1 aliphatic rings. The molecule has 1 fully saturated rings. The van der Waals surface area contributed by atoms with Crippen molar-refractivity contribution in [3.8, 4) is 5.75 Å². The molecule has 0 unspecified atom stereocenters. The van der Waals surface area contributed by atoms with Gasteiger partial charge in [-0.1, -0.05) is 26.0 Å². The summed E-state index contributed by atoms with van der Waals surface area (Å²) >= 11 is 0. The van der Waals surface area contributed by atoms with Crippen LogP contribution in [0.5, 0.6) is 5.75 Å². The minimum atomic E-state index is -0.0247. The lowest BCUT2D eigenvalue weighted by molar-refractivity contribution is 0.197. The smallest absolute Gasteiger partial charge is 0.317 e. The maximum absolute atomic E-state index is 12.1. The van der Waals surface area contributed by atoms with E-state index in [2.05, 4.69) is 43.2 Å².